The third-order valence-electron chi connectivity index (χ3n) is 3.88. The van der Waals surface area contributed by atoms with Gasteiger partial charge in [-0.1, -0.05) is 0 Å². The van der Waals surface area contributed by atoms with Crippen LogP contribution in [0.3, 0.4) is 0 Å². The molecule has 2 heterocycles. The first-order valence-electron chi connectivity index (χ1n) is 7.16. The number of methoxy groups -OCH3 is 1. The number of carbonyl (C=O) groups is 1. The Kier molecular flexibility index (Phi) is 5.73. The van der Waals surface area contributed by atoms with Gasteiger partial charge in [-0.3, -0.25) is 9.59 Å². The number of rotatable bonds is 5. The van der Waals surface area contributed by atoms with Crippen LogP contribution >= 0.6 is 11.8 Å². The summed E-state index contributed by atoms with van der Waals surface area (Å²) in [5, 5.41) is 0. The molecule has 0 aliphatic carbocycles. The predicted molar refractivity (Wildman–Crippen MR) is 84.9 cm³/mol. The van der Waals surface area contributed by atoms with Gasteiger partial charge in [-0.15, -0.1) is 0 Å². The molecule has 1 aromatic heterocycles. The second kappa shape index (κ2) is 7.54. The van der Waals surface area contributed by atoms with E-state index in [1.807, 2.05) is 16.7 Å². The topological polar surface area (TPSA) is 51.5 Å². The highest BCUT2D eigenvalue weighted by Gasteiger charge is 2.22. The molecule has 0 saturated carbocycles. The van der Waals surface area contributed by atoms with Crippen molar-refractivity contribution in [1.29, 1.82) is 0 Å². The molecule has 0 radical (unpaired) electrons. The SMILES string of the molecule is COc1cccn(CC(=O)N2CCC(CSC)CC2)c1=O. The average molecular weight is 310 g/mol. The van der Waals surface area contributed by atoms with Crippen LogP contribution in [0.5, 0.6) is 5.75 Å². The number of pyridine rings is 1. The van der Waals surface area contributed by atoms with Crippen molar-refractivity contribution in [3.05, 3.63) is 28.7 Å². The normalized spacial score (nSPS) is 16.0. The van der Waals surface area contributed by atoms with Crippen LogP contribution in [0, 0.1) is 5.92 Å². The lowest BCUT2D eigenvalue weighted by atomic mass is 9.99. The van der Waals surface area contributed by atoms with Crippen LogP contribution in [0.2, 0.25) is 0 Å². The van der Waals surface area contributed by atoms with E-state index in [1.165, 1.54) is 11.7 Å². The molecule has 1 aromatic rings. The maximum atomic E-state index is 12.3. The number of likely N-dealkylation sites (tertiary alicyclic amines) is 1. The molecule has 6 heteroatoms. The van der Waals surface area contributed by atoms with Crippen molar-refractivity contribution >= 4 is 17.7 Å². The molecule has 0 atom stereocenters. The quantitative estimate of drug-likeness (QED) is 0.826. The number of carbonyl (C=O) groups excluding carboxylic acids is 1. The lowest BCUT2D eigenvalue weighted by molar-refractivity contribution is -0.133. The minimum Gasteiger partial charge on any atom is -0.491 e. The van der Waals surface area contributed by atoms with E-state index in [4.69, 9.17) is 4.74 Å². The van der Waals surface area contributed by atoms with Gasteiger partial charge in [-0.05, 0) is 42.9 Å². The molecule has 0 unspecified atom stereocenters. The van der Waals surface area contributed by atoms with E-state index in [1.54, 1.807) is 18.3 Å². The van der Waals surface area contributed by atoms with Gasteiger partial charge >= 0.3 is 0 Å². The van der Waals surface area contributed by atoms with Crippen molar-refractivity contribution in [2.45, 2.75) is 19.4 Å². The summed E-state index contributed by atoms with van der Waals surface area (Å²) in [4.78, 5) is 26.2. The number of ether oxygens (including phenoxy) is 1. The molecule has 1 saturated heterocycles. The molecule has 0 spiro atoms. The molecule has 0 aromatic carbocycles. The highest BCUT2D eigenvalue weighted by atomic mass is 32.2. The van der Waals surface area contributed by atoms with E-state index in [2.05, 4.69) is 6.26 Å². The summed E-state index contributed by atoms with van der Waals surface area (Å²) in [5.74, 6) is 2.15. The number of hydrogen-bond donors (Lipinski definition) is 0. The van der Waals surface area contributed by atoms with Crippen LogP contribution in [-0.4, -0.2) is 47.6 Å². The van der Waals surface area contributed by atoms with E-state index in [0.29, 0.717) is 5.92 Å². The van der Waals surface area contributed by atoms with Crippen molar-refractivity contribution in [2.24, 2.45) is 5.92 Å². The number of amides is 1. The van der Waals surface area contributed by atoms with Crippen molar-refractivity contribution in [2.75, 3.05) is 32.2 Å². The van der Waals surface area contributed by atoms with Crippen LogP contribution in [-0.2, 0) is 11.3 Å². The third-order valence-corrected chi connectivity index (χ3v) is 4.69. The lowest BCUT2D eigenvalue weighted by Gasteiger charge is -2.31. The number of piperidine rings is 1. The molecule has 1 fully saturated rings. The second-order valence-electron chi connectivity index (χ2n) is 5.29. The van der Waals surface area contributed by atoms with Gasteiger partial charge in [0.25, 0.3) is 5.56 Å². The van der Waals surface area contributed by atoms with E-state index in [-0.39, 0.29) is 23.8 Å². The minimum atomic E-state index is -0.259. The van der Waals surface area contributed by atoms with Gasteiger partial charge in [0.05, 0.1) is 7.11 Å². The maximum Gasteiger partial charge on any atom is 0.293 e. The van der Waals surface area contributed by atoms with Crippen LogP contribution in [0.15, 0.2) is 23.1 Å². The number of hydrogen-bond acceptors (Lipinski definition) is 4. The molecule has 116 valence electrons. The Morgan fingerprint density at radius 2 is 2.14 bits per heavy atom. The molecule has 21 heavy (non-hydrogen) atoms. The summed E-state index contributed by atoms with van der Waals surface area (Å²) in [6.45, 7) is 1.68. The fourth-order valence-corrected chi connectivity index (χ4v) is 3.43. The number of aromatic nitrogens is 1. The molecular formula is C15H22N2O3S. The standard InChI is InChI=1S/C15H22N2O3S/c1-20-13-4-3-7-17(15(13)19)10-14(18)16-8-5-12(6-9-16)11-21-2/h3-4,7,12H,5-6,8-11H2,1-2H3. The molecule has 1 aliphatic heterocycles. The lowest BCUT2D eigenvalue weighted by Crippen LogP contribution is -2.41. The zero-order valence-corrected chi connectivity index (χ0v) is 13.4. The van der Waals surface area contributed by atoms with Gasteiger partial charge in [0.1, 0.15) is 6.54 Å². The van der Waals surface area contributed by atoms with E-state index in [0.717, 1.165) is 31.7 Å². The Bertz CT molecular complexity index is 536. The first-order valence-corrected chi connectivity index (χ1v) is 8.55. The molecule has 5 nitrogen and oxygen atoms in total. The predicted octanol–water partition coefficient (Wildman–Crippen LogP) is 1.46. The molecule has 1 amide bonds. The van der Waals surface area contributed by atoms with E-state index >= 15 is 0 Å². The molecule has 2 rings (SSSR count). The van der Waals surface area contributed by atoms with Crippen molar-refractivity contribution in [3.63, 3.8) is 0 Å². The van der Waals surface area contributed by atoms with Gasteiger partial charge in [0.15, 0.2) is 5.75 Å². The largest absolute Gasteiger partial charge is 0.491 e. The summed E-state index contributed by atoms with van der Waals surface area (Å²) in [6, 6.07) is 3.33. The van der Waals surface area contributed by atoms with E-state index in [9.17, 15) is 9.59 Å². The summed E-state index contributed by atoms with van der Waals surface area (Å²) < 4.78 is 6.40. The highest BCUT2D eigenvalue weighted by Crippen LogP contribution is 2.20. The summed E-state index contributed by atoms with van der Waals surface area (Å²) in [5.41, 5.74) is -0.259. The Morgan fingerprint density at radius 3 is 2.76 bits per heavy atom. The monoisotopic (exact) mass is 310 g/mol. The second-order valence-corrected chi connectivity index (χ2v) is 6.20. The highest BCUT2D eigenvalue weighted by molar-refractivity contribution is 7.98. The van der Waals surface area contributed by atoms with E-state index < -0.39 is 0 Å². The third kappa shape index (κ3) is 4.03. The molecule has 0 bridgehead atoms. The Labute approximate surface area is 129 Å². The fraction of sp³-hybridized carbons (Fsp3) is 0.600. The van der Waals surface area contributed by atoms with Gasteiger partial charge in [0, 0.05) is 19.3 Å². The maximum absolute atomic E-state index is 12.3. The number of thioether (sulfide) groups is 1. The van der Waals surface area contributed by atoms with Crippen LogP contribution < -0.4 is 10.3 Å². The first kappa shape index (κ1) is 15.9. The average Bonchev–Trinajstić information content (AvgIpc) is 2.50. The van der Waals surface area contributed by atoms with Crippen molar-refractivity contribution < 1.29 is 9.53 Å². The van der Waals surface area contributed by atoms with Gasteiger partial charge in [0.2, 0.25) is 5.91 Å². The zero-order chi connectivity index (χ0) is 15.2. The molecule has 0 N–H and O–H groups in total. The van der Waals surface area contributed by atoms with Crippen molar-refractivity contribution in [3.8, 4) is 5.75 Å². The van der Waals surface area contributed by atoms with Gasteiger partial charge in [-0.2, -0.15) is 11.8 Å². The minimum absolute atomic E-state index is 0.00737. The smallest absolute Gasteiger partial charge is 0.293 e. The first-order chi connectivity index (χ1) is 10.2. The Balaban J connectivity index is 1.95. The summed E-state index contributed by atoms with van der Waals surface area (Å²) in [7, 11) is 1.46. The van der Waals surface area contributed by atoms with Crippen LogP contribution in [0.4, 0.5) is 0 Å². The van der Waals surface area contributed by atoms with Gasteiger partial charge in [-0.25, -0.2) is 0 Å². The summed E-state index contributed by atoms with van der Waals surface area (Å²) >= 11 is 1.86. The summed E-state index contributed by atoms with van der Waals surface area (Å²) in [6.07, 6.45) is 5.86. The Hall–Kier alpha value is -1.43. The molecule has 1 aliphatic rings. The zero-order valence-electron chi connectivity index (χ0n) is 12.6. The Morgan fingerprint density at radius 1 is 1.43 bits per heavy atom. The molecular weight excluding hydrogens is 288 g/mol. The number of nitrogens with zero attached hydrogens (tertiary/aromatic N) is 2. The van der Waals surface area contributed by atoms with Crippen LogP contribution in [0.25, 0.3) is 0 Å². The van der Waals surface area contributed by atoms with Crippen molar-refractivity contribution in [1.82, 2.24) is 9.47 Å². The fourth-order valence-electron chi connectivity index (χ4n) is 2.63. The van der Waals surface area contributed by atoms with Crippen LogP contribution in [0.1, 0.15) is 12.8 Å². The van der Waals surface area contributed by atoms with Gasteiger partial charge < -0.3 is 14.2 Å².